The fourth-order valence-electron chi connectivity index (χ4n) is 1.56. The van der Waals surface area contributed by atoms with E-state index >= 15 is 0 Å². The first-order valence-corrected chi connectivity index (χ1v) is 5.45. The van der Waals surface area contributed by atoms with E-state index in [0.29, 0.717) is 0 Å². The zero-order valence-electron chi connectivity index (χ0n) is 9.75. The van der Waals surface area contributed by atoms with Crippen LogP contribution in [0.1, 0.15) is 5.56 Å². The fraction of sp³-hybridized carbons (Fsp3) is 0.0714. The Morgan fingerprint density at radius 2 is 1.47 bits per heavy atom. The molecule has 0 fully saturated rings. The summed E-state index contributed by atoms with van der Waals surface area (Å²) < 4.78 is 0. The summed E-state index contributed by atoms with van der Waals surface area (Å²) in [7, 11) is 1.79. The summed E-state index contributed by atoms with van der Waals surface area (Å²) in [5.74, 6) is 6.57. The molecule has 0 spiro atoms. The van der Waals surface area contributed by atoms with Gasteiger partial charge in [-0.2, -0.15) is 0 Å². The SMILES string of the molecule is CN(N)C(=Nc1ccccc1)c1ccccc1. The average molecular weight is 225 g/mol. The molecule has 0 unspecified atom stereocenters. The average Bonchev–Trinajstić information content (AvgIpc) is 2.38. The quantitative estimate of drug-likeness (QED) is 0.369. The van der Waals surface area contributed by atoms with Crippen LogP contribution in [0.4, 0.5) is 5.69 Å². The van der Waals surface area contributed by atoms with Gasteiger partial charge in [0, 0.05) is 12.6 Å². The van der Waals surface area contributed by atoms with E-state index < -0.39 is 0 Å². The van der Waals surface area contributed by atoms with E-state index in [4.69, 9.17) is 5.84 Å². The molecule has 0 bridgehead atoms. The Kier molecular flexibility index (Phi) is 3.52. The van der Waals surface area contributed by atoms with Gasteiger partial charge in [-0.3, -0.25) is 5.01 Å². The number of hydrogen-bond donors (Lipinski definition) is 1. The Hall–Kier alpha value is -2.13. The lowest BCUT2D eigenvalue weighted by molar-refractivity contribution is 0.540. The molecule has 0 saturated carbocycles. The van der Waals surface area contributed by atoms with Gasteiger partial charge >= 0.3 is 0 Å². The van der Waals surface area contributed by atoms with Crippen molar-refractivity contribution in [3.63, 3.8) is 0 Å². The molecule has 3 nitrogen and oxygen atoms in total. The van der Waals surface area contributed by atoms with E-state index in [1.807, 2.05) is 60.7 Å². The molecular weight excluding hydrogens is 210 g/mol. The van der Waals surface area contributed by atoms with Gasteiger partial charge < -0.3 is 0 Å². The highest BCUT2D eigenvalue weighted by molar-refractivity contribution is 5.99. The van der Waals surface area contributed by atoms with Gasteiger partial charge in [-0.1, -0.05) is 48.5 Å². The van der Waals surface area contributed by atoms with Gasteiger partial charge in [0.25, 0.3) is 0 Å². The molecule has 0 saturated heterocycles. The van der Waals surface area contributed by atoms with E-state index in [9.17, 15) is 0 Å². The van der Waals surface area contributed by atoms with Crippen molar-refractivity contribution in [2.24, 2.45) is 10.8 Å². The number of para-hydroxylation sites is 1. The number of nitrogens with zero attached hydrogens (tertiary/aromatic N) is 2. The van der Waals surface area contributed by atoms with E-state index in [1.165, 1.54) is 5.01 Å². The van der Waals surface area contributed by atoms with E-state index in [-0.39, 0.29) is 0 Å². The van der Waals surface area contributed by atoms with Crippen LogP contribution in [0.25, 0.3) is 0 Å². The molecular formula is C14H15N3. The first-order valence-electron chi connectivity index (χ1n) is 5.45. The number of nitrogens with two attached hydrogens (primary N) is 1. The Labute approximate surface area is 101 Å². The maximum Gasteiger partial charge on any atom is 0.150 e. The van der Waals surface area contributed by atoms with Gasteiger partial charge in [-0.25, -0.2) is 10.8 Å². The topological polar surface area (TPSA) is 41.6 Å². The number of hydrazine groups is 1. The van der Waals surface area contributed by atoms with Gasteiger partial charge in [0.1, 0.15) is 5.84 Å². The van der Waals surface area contributed by atoms with Crippen LogP contribution < -0.4 is 5.84 Å². The second kappa shape index (κ2) is 5.27. The maximum absolute atomic E-state index is 5.82. The van der Waals surface area contributed by atoms with E-state index in [1.54, 1.807) is 7.05 Å². The summed E-state index contributed by atoms with van der Waals surface area (Å²) in [4.78, 5) is 4.55. The Morgan fingerprint density at radius 1 is 0.941 bits per heavy atom. The van der Waals surface area contributed by atoms with Crippen molar-refractivity contribution >= 4 is 11.5 Å². The van der Waals surface area contributed by atoms with Crippen molar-refractivity contribution in [2.45, 2.75) is 0 Å². The predicted octanol–water partition coefficient (Wildman–Crippen LogP) is 2.57. The minimum Gasteiger partial charge on any atom is -0.297 e. The molecule has 0 amide bonds. The lowest BCUT2D eigenvalue weighted by Gasteiger charge is -2.15. The highest BCUT2D eigenvalue weighted by Gasteiger charge is 2.05. The minimum atomic E-state index is 0.747. The van der Waals surface area contributed by atoms with Crippen LogP contribution in [0.2, 0.25) is 0 Å². The predicted molar refractivity (Wildman–Crippen MR) is 71.0 cm³/mol. The maximum atomic E-state index is 5.82. The molecule has 2 aromatic rings. The summed E-state index contributed by atoms with van der Waals surface area (Å²) in [6.07, 6.45) is 0. The summed E-state index contributed by atoms with van der Waals surface area (Å²) in [6, 6.07) is 19.7. The third-order valence-corrected chi connectivity index (χ3v) is 2.36. The number of aliphatic imine (C=N–C) groups is 1. The van der Waals surface area contributed by atoms with Crippen molar-refractivity contribution in [1.82, 2.24) is 5.01 Å². The highest BCUT2D eigenvalue weighted by Crippen LogP contribution is 2.13. The lowest BCUT2D eigenvalue weighted by Crippen LogP contribution is -2.33. The normalized spacial score (nSPS) is 11.3. The van der Waals surface area contributed by atoms with Crippen molar-refractivity contribution < 1.29 is 0 Å². The lowest BCUT2D eigenvalue weighted by atomic mass is 10.2. The molecule has 86 valence electrons. The zero-order valence-corrected chi connectivity index (χ0v) is 9.75. The molecule has 0 radical (unpaired) electrons. The van der Waals surface area contributed by atoms with Crippen LogP contribution in [-0.2, 0) is 0 Å². The summed E-state index contributed by atoms with van der Waals surface area (Å²) in [6.45, 7) is 0. The second-order valence-corrected chi connectivity index (χ2v) is 3.75. The van der Waals surface area contributed by atoms with Crippen LogP contribution in [0, 0.1) is 0 Å². The number of benzene rings is 2. The van der Waals surface area contributed by atoms with Crippen molar-refractivity contribution in [2.75, 3.05) is 7.05 Å². The third kappa shape index (κ3) is 2.92. The summed E-state index contributed by atoms with van der Waals surface area (Å²) >= 11 is 0. The highest BCUT2D eigenvalue weighted by atomic mass is 15.4. The summed E-state index contributed by atoms with van der Waals surface area (Å²) in [5, 5.41) is 1.53. The van der Waals surface area contributed by atoms with Gasteiger partial charge in [-0.05, 0) is 12.1 Å². The molecule has 2 aromatic carbocycles. The molecule has 0 aliphatic heterocycles. The monoisotopic (exact) mass is 225 g/mol. The van der Waals surface area contributed by atoms with Crippen molar-refractivity contribution in [1.29, 1.82) is 0 Å². The number of amidine groups is 1. The van der Waals surface area contributed by atoms with Crippen molar-refractivity contribution in [3.05, 3.63) is 66.2 Å². The molecule has 2 rings (SSSR count). The van der Waals surface area contributed by atoms with Crippen LogP contribution >= 0.6 is 0 Å². The molecule has 3 heteroatoms. The van der Waals surface area contributed by atoms with E-state index in [0.717, 1.165) is 17.1 Å². The van der Waals surface area contributed by atoms with Crippen LogP contribution in [0.15, 0.2) is 65.7 Å². The van der Waals surface area contributed by atoms with Crippen molar-refractivity contribution in [3.8, 4) is 0 Å². The van der Waals surface area contributed by atoms with Gasteiger partial charge in [0.05, 0.1) is 5.69 Å². The Morgan fingerprint density at radius 3 is 2.00 bits per heavy atom. The standard InChI is InChI=1S/C14H15N3/c1-17(15)14(12-8-4-2-5-9-12)16-13-10-6-3-7-11-13/h2-11H,15H2,1H3. The summed E-state index contributed by atoms with van der Waals surface area (Å²) in [5.41, 5.74) is 1.89. The van der Waals surface area contributed by atoms with Crippen LogP contribution in [0.5, 0.6) is 0 Å². The molecule has 0 aliphatic rings. The van der Waals surface area contributed by atoms with Gasteiger partial charge in [0.2, 0.25) is 0 Å². The third-order valence-electron chi connectivity index (χ3n) is 2.36. The van der Waals surface area contributed by atoms with Gasteiger partial charge in [0.15, 0.2) is 0 Å². The molecule has 0 aliphatic carbocycles. The van der Waals surface area contributed by atoms with E-state index in [2.05, 4.69) is 4.99 Å². The fourth-order valence-corrected chi connectivity index (χ4v) is 1.56. The first-order chi connectivity index (χ1) is 8.27. The molecule has 17 heavy (non-hydrogen) atoms. The molecule has 0 atom stereocenters. The molecule has 0 heterocycles. The van der Waals surface area contributed by atoms with Crippen LogP contribution in [0.3, 0.4) is 0 Å². The minimum absolute atomic E-state index is 0.747. The van der Waals surface area contributed by atoms with Gasteiger partial charge in [-0.15, -0.1) is 0 Å². The Balaban J connectivity index is 2.40. The molecule has 2 N–H and O–H groups in total. The zero-order chi connectivity index (χ0) is 12.1. The largest absolute Gasteiger partial charge is 0.297 e. The second-order valence-electron chi connectivity index (χ2n) is 3.75. The number of rotatable bonds is 2. The van der Waals surface area contributed by atoms with Crippen LogP contribution in [-0.4, -0.2) is 17.9 Å². The first kappa shape index (κ1) is 11.4. The Bertz CT molecular complexity index is 489. The molecule has 0 aromatic heterocycles. The smallest absolute Gasteiger partial charge is 0.150 e. The number of hydrogen-bond acceptors (Lipinski definition) is 2.